The highest BCUT2D eigenvalue weighted by Crippen LogP contribution is 2.01. The van der Waals surface area contributed by atoms with Gasteiger partial charge in [-0.1, -0.05) is 11.7 Å². The van der Waals surface area contributed by atoms with Crippen LogP contribution in [0.5, 0.6) is 0 Å². The van der Waals surface area contributed by atoms with Gasteiger partial charge in [0.25, 0.3) is 0 Å². The minimum absolute atomic E-state index is 0.377. The van der Waals surface area contributed by atoms with Gasteiger partial charge >= 0.3 is 6.01 Å². The molecule has 0 aliphatic carbocycles. The van der Waals surface area contributed by atoms with Gasteiger partial charge in [-0.2, -0.15) is 0 Å². The van der Waals surface area contributed by atoms with E-state index in [0.717, 1.165) is 0 Å². The normalized spacial score (nSPS) is 9.00. The van der Waals surface area contributed by atoms with E-state index in [4.69, 9.17) is 4.42 Å². The number of nitrogens with one attached hydrogen (secondary N) is 1. The fourth-order valence-corrected chi connectivity index (χ4v) is 0.442. The quantitative estimate of drug-likeness (QED) is 0.638. The van der Waals surface area contributed by atoms with Crippen molar-refractivity contribution >= 4 is 6.01 Å². The second-order valence-corrected chi connectivity index (χ2v) is 1.47. The molecule has 0 fully saturated rings. The van der Waals surface area contributed by atoms with Crippen molar-refractivity contribution in [2.45, 2.75) is 6.92 Å². The first kappa shape index (κ1) is 5.81. The van der Waals surface area contributed by atoms with Gasteiger partial charge in [-0.15, -0.1) is 5.10 Å². The van der Waals surface area contributed by atoms with Gasteiger partial charge in [-0.25, -0.2) is 0 Å². The summed E-state index contributed by atoms with van der Waals surface area (Å²) in [5.41, 5.74) is 0. The molecule has 0 radical (unpaired) electrons. The third kappa shape index (κ3) is 1.28. The molecule has 0 spiro atoms. The first-order valence-electron chi connectivity index (χ1n) is 2.50. The van der Waals surface area contributed by atoms with Crippen LogP contribution in [-0.4, -0.2) is 10.2 Å². The van der Waals surface area contributed by atoms with Gasteiger partial charge in [0.05, 0.1) is 0 Å². The summed E-state index contributed by atoms with van der Waals surface area (Å²) >= 11 is 0. The molecule has 48 valence electrons. The van der Waals surface area contributed by atoms with E-state index < -0.39 is 0 Å². The summed E-state index contributed by atoms with van der Waals surface area (Å²) in [6.45, 7) is 5.15. The van der Waals surface area contributed by atoms with Crippen molar-refractivity contribution in [2.75, 3.05) is 5.32 Å². The zero-order valence-corrected chi connectivity index (χ0v) is 5.09. The third-order valence-corrected chi connectivity index (χ3v) is 0.752. The van der Waals surface area contributed by atoms with E-state index in [0.29, 0.717) is 11.9 Å². The largest absolute Gasteiger partial charge is 0.408 e. The van der Waals surface area contributed by atoms with Gasteiger partial charge < -0.3 is 9.73 Å². The summed E-state index contributed by atoms with van der Waals surface area (Å²) in [6, 6.07) is 0.377. The lowest BCUT2D eigenvalue weighted by Crippen LogP contribution is -1.84. The first-order chi connectivity index (χ1) is 4.33. The van der Waals surface area contributed by atoms with Crippen LogP contribution >= 0.6 is 0 Å². The lowest BCUT2D eigenvalue weighted by atomic mass is 10.8. The molecular formula is C5H7N3O. The van der Waals surface area contributed by atoms with Gasteiger partial charge in [0.2, 0.25) is 5.89 Å². The molecule has 1 heterocycles. The maximum atomic E-state index is 4.92. The highest BCUT2D eigenvalue weighted by molar-refractivity contribution is 5.20. The molecule has 0 bridgehead atoms. The number of nitrogens with zero attached hydrogens (tertiary/aromatic N) is 2. The van der Waals surface area contributed by atoms with Crippen molar-refractivity contribution in [1.82, 2.24) is 10.2 Å². The zero-order chi connectivity index (χ0) is 6.69. The molecule has 0 unspecified atom stereocenters. The zero-order valence-electron chi connectivity index (χ0n) is 5.09. The molecule has 0 aromatic carbocycles. The summed E-state index contributed by atoms with van der Waals surface area (Å²) in [5.74, 6) is 0.541. The molecule has 1 N–H and O–H groups in total. The van der Waals surface area contributed by atoms with Crippen LogP contribution in [0, 0.1) is 6.92 Å². The summed E-state index contributed by atoms with van der Waals surface area (Å²) in [5, 5.41) is 9.87. The summed E-state index contributed by atoms with van der Waals surface area (Å²) < 4.78 is 4.92. The minimum Gasteiger partial charge on any atom is -0.408 e. The molecule has 0 aliphatic heterocycles. The van der Waals surface area contributed by atoms with E-state index in [1.165, 1.54) is 6.20 Å². The molecular weight excluding hydrogens is 118 g/mol. The van der Waals surface area contributed by atoms with Crippen LogP contribution in [0.25, 0.3) is 0 Å². The predicted octanol–water partition coefficient (Wildman–Crippen LogP) is 0.933. The Bertz CT molecular complexity index is 206. The van der Waals surface area contributed by atoms with Crippen molar-refractivity contribution in [1.29, 1.82) is 0 Å². The Morgan fingerprint density at radius 3 is 2.89 bits per heavy atom. The van der Waals surface area contributed by atoms with Gasteiger partial charge in [0.15, 0.2) is 0 Å². The van der Waals surface area contributed by atoms with Crippen LogP contribution in [0.15, 0.2) is 17.2 Å². The van der Waals surface area contributed by atoms with E-state index in [1.807, 2.05) is 0 Å². The topological polar surface area (TPSA) is 51.0 Å². The fourth-order valence-electron chi connectivity index (χ4n) is 0.442. The molecule has 0 atom stereocenters. The van der Waals surface area contributed by atoms with Crippen molar-refractivity contribution in [3.8, 4) is 0 Å². The van der Waals surface area contributed by atoms with Gasteiger partial charge in [-0.3, -0.25) is 0 Å². The van der Waals surface area contributed by atoms with E-state index >= 15 is 0 Å². The van der Waals surface area contributed by atoms with Crippen LogP contribution in [-0.2, 0) is 0 Å². The van der Waals surface area contributed by atoms with E-state index in [2.05, 4.69) is 22.1 Å². The predicted molar refractivity (Wildman–Crippen MR) is 32.9 cm³/mol. The molecule has 4 heteroatoms. The first-order valence-corrected chi connectivity index (χ1v) is 2.50. The smallest absolute Gasteiger partial charge is 0.319 e. The lowest BCUT2D eigenvalue weighted by molar-refractivity contribution is 0.535. The highest BCUT2D eigenvalue weighted by atomic mass is 16.4. The van der Waals surface area contributed by atoms with Crippen molar-refractivity contribution in [2.24, 2.45) is 0 Å². The summed E-state index contributed by atoms with van der Waals surface area (Å²) in [4.78, 5) is 0. The van der Waals surface area contributed by atoms with E-state index in [-0.39, 0.29) is 0 Å². The lowest BCUT2D eigenvalue weighted by Gasteiger charge is -1.85. The van der Waals surface area contributed by atoms with Crippen LogP contribution < -0.4 is 5.32 Å². The van der Waals surface area contributed by atoms with E-state index in [9.17, 15) is 0 Å². The minimum atomic E-state index is 0.377. The number of aryl methyl sites for hydroxylation is 1. The maximum absolute atomic E-state index is 4.92. The third-order valence-electron chi connectivity index (χ3n) is 0.752. The van der Waals surface area contributed by atoms with Gasteiger partial charge in [0, 0.05) is 6.92 Å². The number of rotatable bonds is 2. The molecule has 0 saturated heterocycles. The molecule has 1 aromatic heterocycles. The average molecular weight is 125 g/mol. The molecule has 1 aromatic rings. The Morgan fingerprint density at radius 1 is 1.67 bits per heavy atom. The maximum Gasteiger partial charge on any atom is 0.319 e. The standard InChI is InChI=1S/C5H7N3O/c1-3-6-5-8-7-4(2)9-5/h3H,1H2,2H3,(H,6,8). The molecule has 1 rings (SSSR count). The Labute approximate surface area is 52.6 Å². The van der Waals surface area contributed by atoms with Crippen LogP contribution in [0.4, 0.5) is 6.01 Å². The SMILES string of the molecule is C=CNc1nnc(C)o1. The highest BCUT2D eigenvalue weighted by Gasteiger charge is 1.95. The van der Waals surface area contributed by atoms with Crippen molar-refractivity contribution in [3.05, 3.63) is 18.7 Å². The number of hydrogen-bond donors (Lipinski definition) is 1. The number of aromatic nitrogens is 2. The Hall–Kier alpha value is -1.32. The molecule has 4 nitrogen and oxygen atoms in total. The molecule has 0 amide bonds. The van der Waals surface area contributed by atoms with Gasteiger partial charge in [-0.05, 0) is 6.20 Å². The molecule has 0 aliphatic rings. The number of anilines is 1. The van der Waals surface area contributed by atoms with Gasteiger partial charge in [0.1, 0.15) is 0 Å². The Balaban J connectivity index is 2.72. The van der Waals surface area contributed by atoms with Crippen LogP contribution in [0.1, 0.15) is 5.89 Å². The van der Waals surface area contributed by atoms with Crippen LogP contribution in [0.3, 0.4) is 0 Å². The van der Waals surface area contributed by atoms with E-state index in [1.54, 1.807) is 6.92 Å². The van der Waals surface area contributed by atoms with Crippen LogP contribution in [0.2, 0.25) is 0 Å². The molecule has 0 saturated carbocycles. The fraction of sp³-hybridized carbons (Fsp3) is 0.200. The second-order valence-electron chi connectivity index (χ2n) is 1.47. The summed E-state index contributed by atoms with van der Waals surface area (Å²) in [6.07, 6.45) is 1.48. The number of hydrogen-bond acceptors (Lipinski definition) is 4. The van der Waals surface area contributed by atoms with Crippen molar-refractivity contribution < 1.29 is 4.42 Å². The monoisotopic (exact) mass is 125 g/mol. The van der Waals surface area contributed by atoms with Crippen molar-refractivity contribution in [3.63, 3.8) is 0 Å². The second kappa shape index (κ2) is 2.30. The Kier molecular flexibility index (Phi) is 1.48. The Morgan fingerprint density at radius 2 is 2.44 bits per heavy atom. The summed E-state index contributed by atoms with van der Waals surface area (Å²) in [7, 11) is 0. The average Bonchev–Trinajstić information content (AvgIpc) is 2.17. The molecule has 9 heavy (non-hydrogen) atoms.